The second-order valence-electron chi connectivity index (χ2n) is 6.01. The molecule has 22 heavy (non-hydrogen) atoms. The summed E-state index contributed by atoms with van der Waals surface area (Å²) in [6.07, 6.45) is 6.85. The van der Waals surface area contributed by atoms with E-state index in [0.717, 1.165) is 0 Å². The van der Waals surface area contributed by atoms with Gasteiger partial charge in [-0.15, -0.1) is 0 Å². The van der Waals surface area contributed by atoms with Gasteiger partial charge in [-0.25, -0.2) is 0 Å². The van der Waals surface area contributed by atoms with Crippen LogP contribution in [0.1, 0.15) is 59.3 Å². The number of amides is 1. The van der Waals surface area contributed by atoms with Crippen molar-refractivity contribution in [1.82, 2.24) is 4.98 Å². The van der Waals surface area contributed by atoms with Crippen molar-refractivity contribution in [2.75, 3.05) is 0 Å². The molecule has 0 radical (unpaired) electrons. The van der Waals surface area contributed by atoms with Gasteiger partial charge in [0.15, 0.2) is 0 Å². The molecule has 0 saturated carbocycles. The van der Waals surface area contributed by atoms with E-state index in [4.69, 9.17) is 10.5 Å². The van der Waals surface area contributed by atoms with Crippen molar-refractivity contribution in [1.29, 1.82) is 0 Å². The van der Waals surface area contributed by atoms with Gasteiger partial charge in [-0.1, -0.05) is 0 Å². The fourth-order valence-corrected chi connectivity index (χ4v) is 20.7. The summed E-state index contributed by atoms with van der Waals surface area (Å²) in [5, 5.41) is 2.57. The molecule has 126 valence electrons. The van der Waals surface area contributed by atoms with Gasteiger partial charge < -0.3 is 0 Å². The fourth-order valence-electron chi connectivity index (χ4n) is 2.94. The summed E-state index contributed by atoms with van der Waals surface area (Å²) in [6, 6.07) is 0. The first-order valence-electron chi connectivity index (χ1n) is 8.51. The molecular formula is C16H30N2O2SSn. The van der Waals surface area contributed by atoms with E-state index >= 15 is 0 Å². The van der Waals surface area contributed by atoms with Gasteiger partial charge in [-0.3, -0.25) is 0 Å². The first-order valence-corrected chi connectivity index (χ1v) is 16.9. The van der Waals surface area contributed by atoms with Crippen LogP contribution in [0.3, 0.4) is 0 Å². The number of thiazole rings is 1. The molecule has 1 aromatic heterocycles. The predicted molar refractivity (Wildman–Crippen MR) is 96.9 cm³/mol. The second kappa shape index (κ2) is 10.5. The number of hydrogen-bond donors (Lipinski definition) is 1. The molecule has 0 atom stereocenters. The van der Waals surface area contributed by atoms with Gasteiger partial charge in [0.05, 0.1) is 0 Å². The summed E-state index contributed by atoms with van der Waals surface area (Å²) in [5.41, 5.74) is 5.11. The Morgan fingerprint density at radius 2 is 1.64 bits per heavy atom. The van der Waals surface area contributed by atoms with E-state index < -0.39 is 24.5 Å². The molecule has 0 aliphatic heterocycles. The van der Waals surface area contributed by atoms with Gasteiger partial charge in [-0.05, 0) is 0 Å². The number of rotatable bonds is 11. The molecule has 1 heterocycles. The number of hydrogen-bond acceptors (Lipinski definition) is 4. The van der Waals surface area contributed by atoms with E-state index in [1.807, 2.05) is 0 Å². The van der Waals surface area contributed by atoms with E-state index in [-0.39, 0.29) is 0 Å². The molecule has 0 unspecified atom stereocenters. The van der Waals surface area contributed by atoms with Crippen molar-refractivity contribution in [2.45, 2.75) is 72.6 Å². The summed E-state index contributed by atoms with van der Waals surface area (Å²) in [6.45, 7) is 6.79. The van der Waals surface area contributed by atoms with Crippen molar-refractivity contribution in [3.05, 3.63) is 5.38 Å². The summed E-state index contributed by atoms with van der Waals surface area (Å²) in [7, 11) is 0. The molecule has 1 aromatic rings. The van der Waals surface area contributed by atoms with Crippen LogP contribution in [0.15, 0.2) is 5.38 Å². The van der Waals surface area contributed by atoms with E-state index in [1.165, 1.54) is 66.9 Å². The first kappa shape index (κ1) is 19.7. The topological polar surface area (TPSA) is 65.2 Å². The monoisotopic (exact) mass is 434 g/mol. The van der Waals surface area contributed by atoms with Crippen LogP contribution in [0.2, 0.25) is 13.3 Å². The van der Waals surface area contributed by atoms with Crippen molar-refractivity contribution in [3.8, 4) is 5.19 Å². The Kier molecular flexibility index (Phi) is 9.40. The summed E-state index contributed by atoms with van der Waals surface area (Å²) in [5.74, 6) is 0. The van der Waals surface area contributed by atoms with Crippen molar-refractivity contribution < 1.29 is 9.53 Å². The van der Waals surface area contributed by atoms with Gasteiger partial charge in [0.25, 0.3) is 0 Å². The van der Waals surface area contributed by atoms with Crippen LogP contribution in [-0.2, 0) is 0 Å². The molecule has 1 amide bonds. The van der Waals surface area contributed by atoms with E-state index in [9.17, 15) is 4.79 Å². The van der Waals surface area contributed by atoms with Crippen LogP contribution in [-0.4, -0.2) is 29.5 Å². The van der Waals surface area contributed by atoms with Crippen LogP contribution in [0.25, 0.3) is 0 Å². The van der Waals surface area contributed by atoms with Gasteiger partial charge in [-0.2, -0.15) is 0 Å². The Morgan fingerprint density at radius 3 is 2.05 bits per heavy atom. The quantitative estimate of drug-likeness (QED) is 0.517. The van der Waals surface area contributed by atoms with E-state index in [1.54, 1.807) is 0 Å². The van der Waals surface area contributed by atoms with Crippen LogP contribution in [0.5, 0.6) is 5.19 Å². The summed E-state index contributed by atoms with van der Waals surface area (Å²) in [4.78, 5) is 15.6. The number of nitrogens with two attached hydrogens (primary N) is 1. The molecule has 0 aliphatic carbocycles. The molecule has 0 aromatic carbocycles. The van der Waals surface area contributed by atoms with Crippen LogP contribution in [0, 0.1) is 0 Å². The minimum absolute atomic E-state index is 0.424. The zero-order valence-electron chi connectivity index (χ0n) is 14.2. The molecule has 0 bridgehead atoms. The number of carbonyl (C=O) groups excluding carboxylic acids is 1. The molecule has 6 heteroatoms. The molecule has 4 nitrogen and oxygen atoms in total. The number of nitrogens with zero attached hydrogens (tertiary/aromatic N) is 1. The average molecular weight is 433 g/mol. The normalized spacial score (nSPS) is 11.6. The third-order valence-corrected chi connectivity index (χ3v) is 20.6. The van der Waals surface area contributed by atoms with Gasteiger partial charge in [0.1, 0.15) is 0 Å². The summed E-state index contributed by atoms with van der Waals surface area (Å²) < 4.78 is 10.4. The van der Waals surface area contributed by atoms with Crippen LogP contribution < -0.4 is 14.2 Å². The van der Waals surface area contributed by atoms with Crippen LogP contribution >= 0.6 is 11.3 Å². The van der Waals surface area contributed by atoms with Crippen molar-refractivity contribution in [2.24, 2.45) is 5.73 Å². The van der Waals surface area contributed by atoms with E-state index in [2.05, 4.69) is 31.1 Å². The third-order valence-electron chi connectivity index (χ3n) is 4.24. The number of primary amides is 1. The molecule has 0 aliphatic rings. The molecule has 1 rings (SSSR count). The number of ether oxygens (including phenoxy) is 1. The zero-order chi connectivity index (χ0) is 16.4. The van der Waals surface area contributed by atoms with E-state index in [0.29, 0.717) is 5.19 Å². The maximum atomic E-state index is 10.9. The minimum atomic E-state index is -2.48. The van der Waals surface area contributed by atoms with Gasteiger partial charge >= 0.3 is 143 Å². The Hall–Kier alpha value is -0.301. The maximum absolute atomic E-state index is 10.9. The Balaban J connectivity index is 3.02. The predicted octanol–water partition coefficient (Wildman–Crippen LogP) is 4.66. The zero-order valence-corrected chi connectivity index (χ0v) is 17.9. The second-order valence-corrected chi connectivity index (χ2v) is 19.9. The molecule has 2 N–H and O–H groups in total. The van der Waals surface area contributed by atoms with Crippen molar-refractivity contribution in [3.63, 3.8) is 0 Å². The summed E-state index contributed by atoms with van der Waals surface area (Å²) >= 11 is -1.05. The third kappa shape index (κ3) is 6.07. The molecule has 0 fully saturated rings. The Labute approximate surface area is 142 Å². The van der Waals surface area contributed by atoms with Crippen LogP contribution in [0.4, 0.5) is 4.79 Å². The Bertz CT molecular complexity index is 429. The fraction of sp³-hybridized carbons (Fsp3) is 0.750. The van der Waals surface area contributed by atoms with Gasteiger partial charge in [0, 0.05) is 0 Å². The molecule has 0 saturated heterocycles. The molecular weight excluding hydrogens is 403 g/mol. The number of unbranched alkanes of at least 4 members (excludes halogenated alkanes) is 3. The van der Waals surface area contributed by atoms with Gasteiger partial charge in [0.2, 0.25) is 0 Å². The number of aromatic nitrogens is 1. The Morgan fingerprint density at radius 1 is 1.14 bits per heavy atom. The standard InChI is InChI=1S/C4H3N2O2S.3C4H9.Sn/c5-3(7)8-4-6-1-2-9-4;3*1-3-4-2;/h2H,(H2,5,7);3*1,3-4H2,2H3;. The molecule has 0 spiro atoms. The number of carbonyl (C=O) groups is 1. The average Bonchev–Trinajstić information content (AvgIpc) is 2.95. The first-order chi connectivity index (χ1) is 10.6. The van der Waals surface area contributed by atoms with Crippen molar-refractivity contribution >= 4 is 39.5 Å². The SMILES string of the molecule is CCC[CH2][Sn]([CH2]CCC)([CH2]CCC)[c]1csc(OC(N)=O)n1.